The maximum Gasteiger partial charge on any atom is 0.0943 e. The molecule has 0 saturated carbocycles. The van der Waals surface area contributed by atoms with Crippen LogP contribution in [0.2, 0.25) is 0 Å². The van der Waals surface area contributed by atoms with E-state index in [1.165, 1.54) is 5.56 Å². The Bertz CT molecular complexity index is 308. The highest BCUT2D eigenvalue weighted by molar-refractivity contribution is 5.39. The molecular weight excluding hydrogens is 174 g/mol. The van der Waals surface area contributed by atoms with Gasteiger partial charge in [-0.2, -0.15) is 0 Å². The van der Waals surface area contributed by atoms with E-state index in [9.17, 15) is 5.11 Å². The lowest BCUT2D eigenvalue weighted by molar-refractivity contribution is 0.152. The summed E-state index contributed by atoms with van der Waals surface area (Å²) in [6.07, 6.45) is -0.560. The Balaban J connectivity index is 3.20. The molecule has 14 heavy (non-hydrogen) atoms. The molecular formula is C12H19NO. The van der Waals surface area contributed by atoms with Gasteiger partial charge in [0.25, 0.3) is 0 Å². The molecule has 2 nitrogen and oxygen atoms in total. The van der Waals surface area contributed by atoms with Gasteiger partial charge in [-0.3, -0.25) is 0 Å². The molecule has 0 radical (unpaired) electrons. The lowest BCUT2D eigenvalue weighted by Crippen LogP contribution is -2.25. The Labute approximate surface area is 85.8 Å². The number of aliphatic hydroxyl groups excluding tert-OH is 1. The molecule has 1 aromatic rings. The number of hydrogen-bond donors (Lipinski definition) is 2. The van der Waals surface area contributed by atoms with Crippen LogP contribution < -0.4 is 5.73 Å². The minimum absolute atomic E-state index is 0.227. The highest BCUT2D eigenvalue weighted by atomic mass is 16.3. The zero-order valence-electron chi connectivity index (χ0n) is 9.33. The maximum atomic E-state index is 9.93. The molecule has 0 aliphatic heterocycles. The number of hydrogen-bond acceptors (Lipinski definition) is 2. The molecule has 0 fully saturated rings. The van der Waals surface area contributed by atoms with Crippen molar-refractivity contribution in [3.8, 4) is 0 Å². The number of aryl methyl sites for hydroxylation is 3. The Kier molecular flexibility index (Phi) is 3.29. The topological polar surface area (TPSA) is 46.2 Å². The normalized spacial score (nSPS) is 15.3. The van der Waals surface area contributed by atoms with E-state index in [0.29, 0.717) is 0 Å². The summed E-state index contributed by atoms with van der Waals surface area (Å²) in [6, 6.07) is 3.93. The van der Waals surface area contributed by atoms with Gasteiger partial charge in [0.15, 0.2) is 0 Å². The monoisotopic (exact) mass is 193 g/mol. The second kappa shape index (κ2) is 4.11. The average molecular weight is 193 g/mol. The largest absolute Gasteiger partial charge is 0.387 e. The van der Waals surface area contributed by atoms with Gasteiger partial charge in [-0.25, -0.2) is 0 Å². The fraction of sp³-hybridized carbons (Fsp3) is 0.500. The van der Waals surface area contributed by atoms with Crippen LogP contribution in [0.15, 0.2) is 12.1 Å². The zero-order chi connectivity index (χ0) is 10.9. The van der Waals surface area contributed by atoms with E-state index in [-0.39, 0.29) is 6.04 Å². The second-order valence-corrected chi connectivity index (χ2v) is 4.12. The third-order valence-electron chi connectivity index (χ3n) is 2.53. The second-order valence-electron chi connectivity index (χ2n) is 4.12. The quantitative estimate of drug-likeness (QED) is 0.754. The van der Waals surface area contributed by atoms with E-state index in [1.807, 2.05) is 20.8 Å². The first-order chi connectivity index (χ1) is 6.43. The minimum atomic E-state index is -0.560. The molecule has 0 spiro atoms. The third kappa shape index (κ3) is 2.14. The van der Waals surface area contributed by atoms with Crippen LogP contribution in [0, 0.1) is 20.8 Å². The van der Waals surface area contributed by atoms with Crippen molar-refractivity contribution >= 4 is 0 Å². The molecule has 0 saturated heterocycles. The molecule has 0 unspecified atom stereocenters. The average Bonchev–Trinajstić information content (AvgIpc) is 2.01. The summed E-state index contributed by atoms with van der Waals surface area (Å²) in [5.74, 6) is 0. The predicted molar refractivity (Wildman–Crippen MR) is 59.3 cm³/mol. The van der Waals surface area contributed by atoms with Crippen LogP contribution in [0.1, 0.15) is 35.3 Å². The number of rotatable bonds is 2. The van der Waals surface area contributed by atoms with Crippen LogP contribution in [-0.4, -0.2) is 11.1 Å². The smallest absolute Gasteiger partial charge is 0.0943 e. The van der Waals surface area contributed by atoms with E-state index in [4.69, 9.17) is 5.73 Å². The number of benzene rings is 1. The summed E-state index contributed by atoms with van der Waals surface area (Å²) >= 11 is 0. The van der Waals surface area contributed by atoms with Gasteiger partial charge >= 0.3 is 0 Å². The van der Waals surface area contributed by atoms with Crippen molar-refractivity contribution in [2.45, 2.75) is 39.8 Å². The SMILES string of the molecule is Cc1cc(C)c([C@H](O)[C@H](C)N)c(C)c1. The van der Waals surface area contributed by atoms with Crippen LogP contribution in [0.25, 0.3) is 0 Å². The van der Waals surface area contributed by atoms with Crippen LogP contribution in [-0.2, 0) is 0 Å². The van der Waals surface area contributed by atoms with Crippen LogP contribution >= 0.6 is 0 Å². The minimum Gasteiger partial charge on any atom is -0.387 e. The fourth-order valence-electron chi connectivity index (χ4n) is 1.92. The zero-order valence-corrected chi connectivity index (χ0v) is 9.33. The van der Waals surface area contributed by atoms with Gasteiger partial charge in [-0.15, -0.1) is 0 Å². The molecule has 0 heterocycles. The maximum absolute atomic E-state index is 9.93. The van der Waals surface area contributed by atoms with Crippen LogP contribution in [0.5, 0.6) is 0 Å². The lowest BCUT2D eigenvalue weighted by Gasteiger charge is -2.20. The van der Waals surface area contributed by atoms with Gasteiger partial charge in [-0.05, 0) is 44.4 Å². The van der Waals surface area contributed by atoms with Gasteiger partial charge < -0.3 is 10.8 Å². The molecule has 0 bridgehead atoms. The summed E-state index contributed by atoms with van der Waals surface area (Å²) in [5.41, 5.74) is 10.1. The molecule has 3 N–H and O–H groups in total. The van der Waals surface area contributed by atoms with Crippen LogP contribution in [0.3, 0.4) is 0 Å². The summed E-state index contributed by atoms with van der Waals surface area (Å²) in [5, 5.41) is 9.93. The van der Waals surface area contributed by atoms with Gasteiger partial charge in [0.05, 0.1) is 6.10 Å². The first-order valence-electron chi connectivity index (χ1n) is 4.95. The Morgan fingerprint density at radius 3 is 1.93 bits per heavy atom. The van der Waals surface area contributed by atoms with Crippen molar-refractivity contribution in [3.63, 3.8) is 0 Å². The Morgan fingerprint density at radius 1 is 1.14 bits per heavy atom. The fourth-order valence-corrected chi connectivity index (χ4v) is 1.92. The molecule has 78 valence electrons. The molecule has 1 rings (SSSR count). The number of aliphatic hydroxyl groups is 1. The van der Waals surface area contributed by atoms with E-state index in [0.717, 1.165) is 16.7 Å². The highest BCUT2D eigenvalue weighted by Gasteiger charge is 2.16. The lowest BCUT2D eigenvalue weighted by atomic mass is 9.93. The molecule has 0 amide bonds. The van der Waals surface area contributed by atoms with E-state index in [2.05, 4.69) is 19.1 Å². The molecule has 0 aliphatic carbocycles. The Morgan fingerprint density at radius 2 is 1.57 bits per heavy atom. The summed E-state index contributed by atoms with van der Waals surface area (Å²) in [4.78, 5) is 0. The van der Waals surface area contributed by atoms with Gasteiger partial charge in [-0.1, -0.05) is 17.7 Å². The van der Waals surface area contributed by atoms with Crippen LogP contribution in [0.4, 0.5) is 0 Å². The van der Waals surface area contributed by atoms with E-state index >= 15 is 0 Å². The molecule has 1 aromatic carbocycles. The molecule has 0 aromatic heterocycles. The van der Waals surface area contributed by atoms with Crippen molar-refractivity contribution in [1.82, 2.24) is 0 Å². The first kappa shape index (κ1) is 11.2. The van der Waals surface area contributed by atoms with Crippen molar-refractivity contribution in [3.05, 3.63) is 34.4 Å². The van der Waals surface area contributed by atoms with Gasteiger partial charge in [0, 0.05) is 6.04 Å². The molecule has 2 atom stereocenters. The van der Waals surface area contributed by atoms with Crippen molar-refractivity contribution < 1.29 is 5.11 Å². The van der Waals surface area contributed by atoms with Crippen molar-refractivity contribution in [2.24, 2.45) is 5.73 Å². The summed E-state index contributed by atoms with van der Waals surface area (Å²) < 4.78 is 0. The predicted octanol–water partition coefficient (Wildman–Crippen LogP) is 1.99. The standard InChI is InChI=1S/C12H19NO/c1-7-5-8(2)11(9(3)6-7)12(14)10(4)13/h5-6,10,12,14H,13H2,1-4H3/t10-,12+/m0/s1. The van der Waals surface area contributed by atoms with Crippen molar-refractivity contribution in [2.75, 3.05) is 0 Å². The highest BCUT2D eigenvalue weighted by Crippen LogP contribution is 2.24. The van der Waals surface area contributed by atoms with E-state index < -0.39 is 6.10 Å². The van der Waals surface area contributed by atoms with Gasteiger partial charge in [0.2, 0.25) is 0 Å². The summed E-state index contributed by atoms with van der Waals surface area (Å²) in [6.45, 7) is 7.91. The van der Waals surface area contributed by atoms with E-state index in [1.54, 1.807) is 0 Å². The van der Waals surface area contributed by atoms with Crippen molar-refractivity contribution in [1.29, 1.82) is 0 Å². The van der Waals surface area contributed by atoms with Gasteiger partial charge in [0.1, 0.15) is 0 Å². The number of nitrogens with two attached hydrogens (primary N) is 1. The summed E-state index contributed by atoms with van der Waals surface area (Å²) in [7, 11) is 0. The molecule has 2 heteroatoms. The first-order valence-corrected chi connectivity index (χ1v) is 4.95. The third-order valence-corrected chi connectivity index (χ3v) is 2.53. The molecule has 0 aliphatic rings. The Hall–Kier alpha value is -0.860.